The Balaban J connectivity index is -0.000000320. The molecule has 0 saturated carbocycles. The van der Waals surface area contributed by atoms with Gasteiger partial charge in [0, 0.05) is 5.92 Å². The van der Waals surface area contributed by atoms with E-state index >= 15 is 0 Å². The molecule has 0 radical (unpaired) electrons. The van der Waals surface area contributed by atoms with Gasteiger partial charge in [0.25, 0.3) is 10.1 Å². The van der Waals surface area contributed by atoms with Crippen LogP contribution < -0.4 is 29.6 Å². The van der Waals surface area contributed by atoms with Gasteiger partial charge in [-0.1, -0.05) is 6.92 Å². The van der Waals surface area contributed by atoms with E-state index in [0.29, 0.717) is 6.29 Å². The third-order valence-electron chi connectivity index (χ3n) is 0.706. The molecule has 0 aliphatic carbocycles. The van der Waals surface area contributed by atoms with E-state index in [9.17, 15) is 13.2 Å². The van der Waals surface area contributed by atoms with Gasteiger partial charge in [-0.15, -0.1) is 0 Å². The predicted octanol–water partition coefficient (Wildman–Crippen LogP) is -3.17. The first-order valence-corrected chi connectivity index (χ1v) is 3.97. The molecule has 56 valence electrons. The Kier molecular flexibility index (Phi) is 6.94. The van der Waals surface area contributed by atoms with Crippen molar-refractivity contribution in [3.8, 4) is 0 Å². The SMILES string of the molecule is CC(C=O)CS(=O)(=O)O.[H-].[Na+]. The van der Waals surface area contributed by atoms with Crippen LogP contribution in [0, 0.1) is 5.92 Å². The number of hydrogen-bond donors (Lipinski definition) is 1. The molecule has 0 rings (SSSR count). The summed E-state index contributed by atoms with van der Waals surface area (Å²) in [6, 6.07) is 0. The van der Waals surface area contributed by atoms with Crippen molar-refractivity contribution in [2.75, 3.05) is 5.75 Å². The Morgan fingerprint density at radius 3 is 2.20 bits per heavy atom. The Bertz CT molecular complexity index is 190. The summed E-state index contributed by atoms with van der Waals surface area (Å²) in [7, 11) is -3.97. The first-order chi connectivity index (χ1) is 3.95. The molecular weight excluding hydrogens is 167 g/mol. The van der Waals surface area contributed by atoms with E-state index in [-0.39, 0.29) is 31.0 Å². The first-order valence-electron chi connectivity index (χ1n) is 2.36. The molecule has 1 atom stereocenters. The van der Waals surface area contributed by atoms with Gasteiger partial charge < -0.3 is 6.22 Å². The Hall–Kier alpha value is 0.580. The number of carbonyl (C=O) groups excluding carboxylic acids is 1. The number of hydrogen-bond acceptors (Lipinski definition) is 3. The zero-order valence-corrected chi connectivity index (χ0v) is 8.76. The van der Waals surface area contributed by atoms with Crippen LogP contribution in [-0.4, -0.2) is 25.0 Å². The van der Waals surface area contributed by atoms with Crippen LogP contribution in [0.4, 0.5) is 0 Å². The minimum Gasteiger partial charge on any atom is -1.00 e. The zero-order chi connectivity index (χ0) is 7.49. The molecule has 0 aliphatic heterocycles. The molecule has 0 aromatic carbocycles. The Morgan fingerprint density at radius 1 is 1.70 bits per heavy atom. The fourth-order valence-corrected chi connectivity index (χ4v) is 1.11. The summed E-state index contributed by atoms with van der Waals surface area (Å²) in [5.41, 5.74) is 0. The van der Waals surface area contributed by atoms with E-state index in [4.69, 9.17) is 4.55 Å². The van der Waals surface area contributed by atoms with Crippen molar-refractivity contribution < 1.29 is 48.7 Å². The summed E-state index contributed by atoms with van der Waals surface area (Å²) in [5.74, 6) is -1.11. The second-order valence-electron chi connectivity index (χ2n) is 1.86. The average molecular weight is 176 g/mol. The first kappa shape index (κ1) is 13.2. The van der Waals surface area contributed by atoms with E-state index < -0.39 is 21.8 Å². The Morgan fingerprint density at radius 2 is 2.10 bits per heavy atom. The second kappa shape index (κ2) is 5.26. The van der Waals surface area contributed by atoms with Crippen LogP contribution in [-0.2, 0) is 14.9 Å². The van der Waals surface area contributed by atoms with Crippen LogP contribution in [0.5, 0.6) is 0 Å². The molecule has 0 fully saturated rings. The maximum Gasteiger partial charge on any atom is 1.00 e. The maximum absolute atomic E-state index is 10.00. The smallest absolute Gasteiger partial charge is 1.00 e. The van der Waals surface area contributed by atoms with Gasteiger partial charge >= 0.3 is 29.6 Å². The van der Waals surface area contributed by atoms with Crippen molar-refractivity contribution in [2.45, 2.75) is 6.92 Å². The zero-order valence-electron chi connectivity index (χ0n) is 6.94. The topological polar surface area (TPSA) is 71.4 Å². The van der Waals surface area contributed by atoms with Crippen molar-refractivity contribution >= 4 is 16.4 Å². The summed E-state index contributed by atoms with van der Waals surface area (Å²) in [6.45, 7) is 1.42. The molecule has 0 bridgehead atoms. The third-order valence-corrected chi connectivity index (χ3v) is 1.65. The van der Waals surface area contributed by atoms with Gasteiger partial charge in [0.05, 0.1) is 5.75 Å². The van der Waals surface area contributed by atoms with E-state index in [1.807, 2.05) is 0 Å². The molecular formula is C4H9NaO4S. The predicted molar refractivity (Wildman–Crippen MR) is 32.8 cm³/mol. The molecule has 0 spiro atoms. The van der Waals surface area contributed by atoms with E-state index in [2.05, 4.69) is 0 Å². The van der Waals surface area contributed by atoms with Crippen LogP contribution >= 0.6 is 0 Å². The molecule has 0 aromatic heterocycles. The van der Waals surface area contributed by atoms with Gasteiger partial charge in [0.15, 0.2) is 0 Å². The minimum atomic E-state index is -3.97. The Labute approximate surface area is 83.5 Å². The molecule has 0 aromatic rings. The van der Waals surface area contributed by atoms with E-state index in [1.165, 1.54) is 6.92 Å². The number of rotatable bonds is 3. The quantitative estimate of drug-likeness (QED) is 0.280. The van der Waals surface area contributed by atoms with Crippen molar-refractivity contribution in [3.05, 3.63) is 0 Å². The maximum atomic E-state index is 10.00. The fourth-order valence-electron chi connectivity index (χ4n) is 0.372. The summed E-state index contributed by atoms with van der Waals surface area (Å²) in [4.78, 5) is 9.81. The van der Waals surface area contributed by atoms with Gasteiger partial charge in [-0.3, -0.25) is 4.55 Å². The summed E-state index contributed by atoms with van der Waals surface area (Å²) < 4.78 is 28.1. The van der Waals surface area contributed by atoms with Crippen molar-refractivity contribution in [1.82, 2.24) is 0 Å². The molecule has 0 heterocycles. The monoisotopic (exact) mass is 176 g/mol. The summed E-state index contributed by atoms with van der Waals surface area (Å²) in [5, 5.41) is 0. The van der Waals surface area contributed by atoms with E-state index in [1.54, 1.807) is 0 Å². The van der Waals surface area contributed by atoms with Gasteiger partial charge in [-0.2, -0.15) is 8.42 Å². The van der Waals surface area contributed by atoms with Crippen LogP contribution in [0.1, 0.15) is 8.35 Å². The van der Waals surface area contributed by atoms with E-state index in [0.717, 1.165) is 0 Å². The summed E-state index contributed by atoms with van der Waals surface area (Å²) in [6.07, 6.45) is 0.480. The average Bonchev–Trinajstić information content (AvgIpc) is 1.62. The van der Waals surface area contributed by atoms with Gasteiger partial charge in [-0.25, -0.2) is 0 Å². The molecule has 6 heteroatoms. The number of aldehydes is 1. The molecule has 1 unspecified atom stereocenters. The van der Waals surface area contributed by atoms with Crippen LogP contribution in [0.15, 0.2) is 0 Å². The normalized spacial score (nSPS) is 13.4. The van der Waals surface area contributed by atoms with Crippen LogP contribution in [0.2, 0.25) is 0 Å². The minimum absolute atomic E-state index is 0. The molecule has 0 aliphatic rings. The van der Waals surface area contributed by atoms with Crippen molar-refractivity contribution in [1.29, 1.82) is 0 Å². The largest absolute Gasteiger partial charge is 1.00 e. The molecule has 1 N–H and O–H groups in total. The van der Waals surface area contributed by atoms with Gasteiger partial charge in [0.2, 0.25) is 0 Å². The molecule has 10 heavy (non-hydrogen) atoms. The second-order valence-corrected chi connectivity index (χ2v) is 3.36. The molecule has 0 saturated heterocycles. The van der Waals surface area contributed by atoms with Gasteiger partial charge in [0.1, 0.15) is 6.29 Å². The van der Waals surface area contributed by atoms with Crippen molar-refractivity contribution in [3.63, 3.8) is 0 Å². The number of carbonyl (C=O) groups is 1. The van der Waals surface area contributed by atoms with Gasteiger partial charge in [-0.05, 0) is 0 Å². The molecule has 4 nitrogen and oxygen atoms in total. The van der Waals surface area contributed by atoms with Crippen LogP contribution in [0.25, 0.3) is 0 Å². The third kappa shape index (κ3) is 8.58. The van der Waals surface area contributed by atoms with Crippen LogP contribution in [0.3, 0.4) is 0 Å². The molecule has 0 amide bonds. The van der Waals surface area contributed by atoms with Crippen molar-refractivity contribution in [2.24, 2.45) is 5.92 Å². The fraction of sp³-hybridized carbons (Fsp3) is 0.750. The summed E-state index contributed by atoms with van der Waals surface area (Å²) >= 11 is 0. The standard InChI is InChI=1S/C4H8O4S.Na.H/c1-4(2-5)3-9(6,7)8;;/h2,4H,3H2,1H3,(H,6,7,8);;/q;+1;-1.